The first kappa shape index (κ1) is 25.7. The number of alkyl halides is 1. The highest BCUT2D eigenvalue weighted by molar-refractivity contribution is 5.83. The average Bonchev–Trinajstić information content (AvgIpc) is 2.86. The van der Waals surface area contributed by atoms with Crippen molar-refractivity contribution in [2.75, 3.05) is 26.7 Å². The number of aryl methyl sites for hydroxylation is 2. The molecular formula is C30H33FN2O3. The SMILES string of the molecule is COc1ccc2nccc([C@@H](F)CC[C@@H]3CCN(CC#Cc4cc(C)cc(C)c4)C[C@@H]3C(=O)O)c2c1. The van der Waals surface area contributed by atoms with E-state index in [-0.39, 0.29) is 12.3 Å². The molecule has 3 atom stereocenters. The Morgan fingerprint density at radius 2 is 2.00 bits per heavy atom. The molecule has 1 aliphatic rings. The van der Waals surface area contributed by atoms with E-state index in [2.05, 4.69) is 53.8 Å². The molecule has 0 radical (unpaired) electrons. The molecule has 1 aliphatic heterocycles. The monoisotopic (exact) mass is 488 g/mol. The number of methoxy groups -OCH3 is 1. The molecule has 36 heavy (non-hydrogen) atoms. The quantitative estimate of drug-likeness (QED) is 0.431. The third-order valence-corrected chi connectivity index (χ3v) is 7.03. The Morgan fingerprint density at radius 1 is 1.22 bits per heavy atom. The van der Waals surface area contributed by atoms with Gasteiger partial charge in [0, 0.05) is 23.7 Å². The highest BCUT2D eigenvalue weighted by Gasteiger charge is 2.34. The molecule has 1 N–H and O–H groups in total. The number of carboxylic acids is 1. The molecule has 1 saturated heterocycles. The number of nitrogens with zero attached hydrogens (tertiary/aromatic N) is 2. The molecule has 1 fully saturated rings. The van der Waals surface area contributed by atoms with E-state index < -0.39 is 18.1 Å². The van der Waals surface area contributed by atoms with Crippen LogP contribution in [0.25, 0.3) is 10.9 Å². The fraction of sp³-hybridized carbons (Fsp3) is 0.400. The molecule has 188 valence electrons. The van der Waals surface area contributed by atoms with E-state index in [9.17, 15) is 9.90 Å². The molecule has 4 rings (SSSR count). The summed E-state index contributed by atoms with van der Waals surface area (Å²) in [7, 11) is 1.58. The fourth-order valence-electron chi connectivity index (χ4n) is 5.20. The molecule has 1 aromatic heterocycles. The zero-order chi connectivity index (χ0) is 25.7. The van der Waals surface area contributed by atoms with Crippen molar-refractivity contribution >= 4 is 16.9 Å². The van der Waals surface area contributed by atoms with Crippen LogP contribution in [0.4, 0.5) is 4.39 Å². The van der Waals surface area contributed by atoms with Crippen molar-refractivity contribution in [2.24, 2.45) is 11.8 Å². The predicted molar refractivity (Wildman–Crippen MR) is 140 cm³/mol. The Labute approximate surface area is 212 Å². The summed E-state index contributed by atoms with van der Waals surface area (Å²) in [6, 6.07) is 13.4. The minimum Gasteiger partial charge on any atom is -0.497 e. The van der Waals surface area contributed by atoms with Gasteiger partial charge in [-0.2, -0.15) is 0 Å². The number of piperidine rings is 1. The maximum atomic E-state index is 15.4. The van der Waals surface area contributed by atoms with Crippen molar-refractivity contribution in [3.8, 4) is 17.6 Å². The smallest absolute Gasteiger partial charge is 0.308 e. The van der Waals surface area contributed by atoms with Gasteiger partial charge in [-0.3, -0.25) is 14.7 Å². The van der Waals surface area contributed by atoms with Gasteiger partial charge < -0.3 is 9.84 Å². The summed E-state index contributed by atoms with van der Waals surface area (Å²) in [5.41, 5.74) is 4.62. The number of rotatable bonds is 7. The summed E-state index contributed by atoms with van der Waals surface area (Å²) in [6.45, 7) is 5.84. The van der Waals surface area contributed by atoms with Crippen molar-refractivity contribution in [2.45, 2.75) is 39.3 Å². The number of aromatic nitrogens is 1. The molecule has 0 unspecified atom stereocenters. The Hall–Kier alpha value is -3.43. The van der Waals surface area contributed by atoms with Crippen LogP contribution in [0.1, 0.15) is 47.7 Å². The van der Waals surface area contributed by atoms with E-state index in [1.807, 2.05) is 18.2 Å². The topological polar surface area (TPSA) is 62.7 Å². The van der Waals surface area contributed by atoms with Gasteiger partial charge in [-0.25, -0.2) is 4.39 Å². The van der Waals surface area contributed by atoms with Crippen LogP contribution < -0.4 is 4.74 Å². The van der Waals surface area contributed by atoms with Crippen LogP contribution in [0.15, 0.2) is 48.7 Å². The largest absolute Gasteiger partial charge is 0.497 e. The van der Waals surface area contributed by atoms with E-state index in [0.717, 1.165) is 29.4 Å². The Kier molecular flexibility index (Phi) is 8.22. The zero-order valence-electron chi connectivity index (χ0n) is 21.1. The maximum absolute atomic E-state index is 15.4. The second-order valence-electron chi connectivity index (χ2n) is 9.73. The molecule has 0 spiro atoms. The third-order valence-electron chi connectivity index (χ3n) is 7.03. The van der Waals surface area contributed by atoms with Gasteiger partial charge in [-0.1, -0.05) is 17.9 Å². The van der Waals surface area contributed by atoms with Gasteiger partial charge in [0.25, 0.3) is 0 Å². The molecule has 3 aromatic rings. The number of hydrogen-bond acceptors (Lipinski definition) is 4. The third kappa shape index (κ3) is 6.22. The van der Waals surface area contributed by atoms with Crippen molar-refractivity contribution < 1.29 is 19.0 Å². The molecule has 2 aromatic carbocycles. The summed E-state index contributed by atoms with van der Waals surface area (Å²) < 4.78 is 20.7. The molecular weight excluding hydrogens is 455 g/mol. The number of aliphatic carboxylic acids is 1. The summed E-state index contributed by atoms with van der Waals surface area (Å²) >= 11 is 0. The van der Waals surface area contributed by atoms with Crippen LogP contribution >= 0.6 is 0 Å². The Balaban J connectivity index is 1.38. The molecule has 0 saturated carbocycles. The highest BCUT2D eigenvalue weighted by atomic mass is 19.1. The Bertz CT molecular complexity index is 1280. The first-order valence-corrected chi connectivity index (χ1v) is 12.4. The molecule has 2 heterocycles. The van der Waals surface area contributed by atoms with Gasteiger partial charge in [-0.15, -0.1) is 0 Å². The second-order valence-corrected chi connectivity index (χ2v) is 9.73. The molecule has 6 heteroatoms. The van der Waals surface area contributed by atoms with E-state index in [1.54, 1.807) is 19.4 Å². The molecule has 0 amide bonds. The van der Waals surface area contributed by atoms with E-state index in [1.165, 1.54) is 11.1 Å². The number of fused-ring (bicyclic) bond motifs is 1. The van der Waals surface area contributed by atoms with E-state index in [0.29, 0.717) is 30.8 Å². The van der Waals surface area contributed by atoms with Gasteiger partial charge in [0.15, 0.2) is 0 Å². The first-order valence-electron chi connectivity index (χ1n) is 12.4. The van der Waals surface area contributed by atoms with Gasteiger partial charge >= 0.3 is 5.97 Å². The summed E-state index contributed by atoms with van der Waals surface area (Å²) in [5.74, 6) is 5.66. The molecule has 5 nitrogen and oxygen atoms in total. The van der Waals surface area contributed by atoms with E-state index in [4.69, 9.17) is 4.74 Å². The minimum absolute atomic E-state index is 0.0629. The minimum atomic E-state index is -1.20. The number of ether oxygens (including phenoxy) is 1. The first-order chi connectivity index (χ1) is 17.3. The van der Waals surface area contributed by atoms with Crippen LogP contribution in [0.3, 0.4) is 0 Å². The number of carbonyl (C=O) groups is 1. The standard InChI is InChI=1S/C30H33FN2O3/c1-20-15-21(2)17-22(16-20)5-4-13-33-14-11-23(27(19-33)30(34)35)6-8-28(31)25-10-12-32-29-9-7-24(36-3)18-26(25)29/h7,9-10,12,15-18,23,27-28H,6,8,11,13-14,19H2,1-3H3,(H,34,35)/t23-,27+,28+/m1/s1. The number of likely N-dealkylation sites (tertiary alicyclic amines) is 1. The highest BCUT2D eigenvalue weighted by Crippen LogP contribution is 2.35. The Morgan fingerprint density at radius 3 is 2.72 bits per heavy atom. The fourth-order valence-corrected chi connectivity index (χ4v) is 5.20. The van der Waals surface area contributed by atoms with Crippen LogP contribution in [0.5, 0.6) is 5.75 Å². The van der Waals surface area contributed by atoms with Crippen molar-refractivity contribution in [3.63, 3.8) is 0 Å². The lowest BCUT2D eigenvalue weighted by molar-refractivity contribution is -0.146. The molecule has 0 bridgehead atoms. The lowest BCUT2D eigenvalue weighted by atomic mass is 9.81. The van der Waals surface area contributed by atoms with Crippen LogP contribution in [-0.4, -0.2) is 47.7 Å². The average molecular weight is 489 g/mol. The number of halogens is 1. The van der Waals surface area contributed by atoms with Gasteiger partial charge in [0.2, 0.25) is 0 Å². The van der Waals surface area contributed by atoms with Gasteiger partial charge in [0.05, 0.1) is 25.1 Å². The lowest BCUT2D eigenvalue weighted by Gasteiger charge is -2.35. The van der Waals surface area contributed by atoms with Crippen LogP contribution in [0, 0.1) is 37.5 Å². The van der Waals surface area contributed by atoms with Crippen molar-refractivity contribution in [1.29, 1.82) is 0 Å². The normalized spacial score (nSPS) is 18.9. The number of pyridine rings is 1. The molecule has 0 aliphatic carbocycles. The van der Waals surface area contributed by atoms with Gasteiger partial charge in [0.1, 0.15) is 11.9 Å². The van der Waals surface area contributed by atoms with Crippen LogP contribution in [-0.2, 0) is 4.79 Å². The maximum Gasteiger partial charge on any atom is 0.308 e. The number of hydrogen-bond donors (Lipinski definition) is 1. The predicted octanol–water partition coefficient (Wildman–Crippen LogP) is 5.73. The number of carboxylic acid groups (broad SMARTS) is 1. The lowest BCUT2D eigenvalue weighted by Crippen LogP contribution is -2.44. The summed E-state index contributed by atoms with van der Waals surface area (Å²) in [6.07, 6.45) is 1.94. The van der Waals surface area contributed by atoms with E-state index >= 15 is 4.39 Å². The van der Waals surface area contributed by atoms with Gasteiger partial charge in [-0.05, 0) is 98.7 Å². The summed E-state index contributed by atoms with van der Waals surface area (Å²) in [5, 5.41) is 10.6. The van der Waals surface area contributed by atoms with Crippen molar-refractivity contribution in [1.82, 2.24) is 9.88 Å². The summed E-state index contributed by atoms with van der Waals surface area (Å²) in [4.78, 5) is 18.5. The number of benzene rings is 2. The second kappa shape index (κ2) is 11.5. The van der Waals surface area contributed by atoms with Crippen LogP contribution in [0.2, 0.25) is 0 Å². The zero-order valence-corrected chi connectivity index (χ0v) is 21.1. The van der Waals surface area contributed by atoms with Crippen molar-refractivity contribution in [3.05, 3.63) is 70.9 Å².